The van der Waals surface area contributed by atoms with Crippen LogP contribution in [-0.2, 0) is 9.59 Å². The number of hydrogen-bond acceptors (Lipinski definition) is 3. The molecule has 4 heteroatoms. The van der Waals surface area contributed by atoms with Crippen LogP contribution in [0.5, 0.6) is 0 Å². The molecule has 1 saturated heterocycles. The Bertz CT molecular complexity index is 257. The average Bonchev–Trinajstić information content (AvgIpc) is 2.24. The molecule has 1 aliphatic rings. The Morgan fingerprint density at radius 2 is 2.00 bits per heavy atom. The molecule has 1 heterocycles. The molecule has 0 N–H and O–H groups in total. The Labute approximate surface area is 89.2 Å². The van der Waals surface area contributed by atoms with Gasteiger partial charge in [-0.1, -0.05) is 20.8 Å². The summed E-state index contributed by atoms with van der Waals surface area (Å²) in [6.07, 6.45) is 0.370. The van der Waals surface area contributed by atoms with Crippen molar-refractivity contribution in [2.75, 3.05) is 6.54 Å². The van der Waals surface area contributed by atoms with Crippen LogP contribution in [0.2, 0.25) is 0 Å². The Hall–Kier alpha value is -0.510. The van der Waals surface area contributed by atoms with E-state index >= 15 is 0 Å². The summed E-state index contributed by atoms with van der Waals surface area (Å²) in [4.78, 5) is 24.5. The second kappa shape index (κ2) is 3.93. The third kappa shape index (κ3) is 2.50. The Morgan fingerprint density at radius 1 is 1.43 bits per heavy atom. The summed E-state index contributed by atoms with van der Waals surface area (Å²) in [5.41, 5.74) is 0. The van der Waals surface area contributed by atoms with E-state index in [-0.39, 0.29) is 21.8 Å². The van der Waals surface area contributed by atoms with Crippen molar-refractivity contribution in [2.24, 2.45) is 0 Å². The molecule has 80 valence electrons. The van der Waals surface area contributed by atoms with Gasteiger partial charge in [0.15, 0.2) is 0 Å². The van der Waals surface area contributed by atoms with Gasteiger partial charge in [-0.25, -0.2) is 0 Å². The quantitative estimate of drug-likeness (QED) is 0.657. The third-order valence-electron chi connectivity index (χ3n) is 2.01. The van der Waals surface area contributed by atoms with Crippen LogP contribution < -0.4 is 0 Å². The highest BCUT2D eigenvalue weighted by molar-refractivity contribution is 8.01. The van der Waals surface area contributed by atoms with Crippen LogP contribution in [0.25, 0.3) is 0 Å². The van der Waals surface area contributed by atoms with Gasteiger partial charge in [0, 0.05) is 17.7 Å². The number of nitrogens with zero attached hydrogens (tertiary/aromatic N) is 1. The molecule has 1 atom stereocenters. The summed E-state index contributed by atoms with van der Waals surface area (Å²) in [5, 5.41) is -0.164. The lowest BCUT2D eigenvalue weighted by Crippen LogP contribution is -2.31. The minimum atomic E-state index is -0.164. The highest BCUT2D eigenvalue weighted by atomic mass is 32.2. The number of imide groups is 1. The lowest BCUT2D eigenvalue weighted by atomic mass is 10.3. The molecule has 0 aromatic carbocycles. The van der Waals surface area contributed by atoms with Crippen LogP contribution in [0.1, 0.15) is 34.1 Å². The van der Waals surface area contributed by atoms with E-state index in [0.717, 1.165) is 0 Å². The fourth-order valence-electron chi connectivity index (χ4n) is 1.50. The van der Waals surface area contributed by atoms with Gasteiger partial charge in [0.25, 0.3) is 0 Å². The minimum Gasteiger partial charge on any atom is -0.282 e. The zero-order valence-electron chi connectivity index (χ0n) is 9.16. The van der Waals surface area contributed by atoms with E-state index in [2.05, 4.69) is 20.8 Å². The van der Waals surface area contributed by atoms with E-state index in [9.17, 15) is 9.59 Å². The van der Waals surface area contributed by atoms with Crippen LogP contribution >= 0.6 is 11.8 Å². The van der Waals surface area contributed by atoms with E-state index in [0.29, 0.717) is 13.0 Å². The van der Waals surface area contributed by atoms with Gasteiger partial charge in [-0.15, -0.1) is 11.8 Å². The molecule has 0 aliphatic carbocycles. The largest absolute Gasteiger partial charge is 0.282 e. The van der Waals surface area contributed by atoms with E-state index in [1.807, 2.05) is 6.92 Å². The first-order valence-electron chi connectivity index (χ1n) is 4.87. The van der Waals surface area contributed by atoms with Crippen molar-refractivity contribution in [1.82, 2.24) is 4.90 Å². The van der Waals surface area contributed by atoms with Crippen molar-refractivity contribution in [1.29, 1.82) is 0 Å². The van der Waals surface area contributed by atoms with Crippen LogP contribution in [0.3, 0.4) is 0 Å². The topological polar surface area (TPSA) is 37.4 Å². The zero-order valence-corrected chi connectivity index (χ0v) is 9.98. The van der Waals surface area contributed by atoms with Gasteiger partial charge in [-0.3, -0.25) is 14.5 Å². The maximum absolute atomic E-state index is 11.7. The zero-order chi connectivity index (χ0) is 10.9. The molecular weight excluding hydrogens is 198 g/mol. The summed E-state index contributed by atoms with van der Waals surface area (Å²) in [6, 6.07) is 0. The predicted molar refractivity (Wildman–Crippen MR) is 58.1 cm³/mol. The van der Waals surface area contributed by atoms with Crippen LogP contribution in [0, 0.1) is 0 Å². The highest BCUT2D eigenvalue weighted by Gasteiger charge is 2.39. The van der Waals surface area contributed by atoms with Crippen LogP contribution in [0.4, 0.5) is 0 Å². The number of thioether (sulfide) groups is 1. The molecule has 2 amide bonds. The third-order valence-corrected chi connectivity index (χ3v) is 3.37. The van der Waals surface area contributed by atoms with E-state index < -0.39 is 0 Å². The van der Waals surface area contributed by atoms with Crippen LogP contribution in [0.15, 0.2) is 0 Å². The van der Waals surface area contributed by atoms with Crippen molar-refractivity contribution in [3.05, 3.63) is 0 Å². The molecule has 0 aromatic heterocycles. The van der Waals surface area contributed by atoms with Gasteiger partial charge in [0.2, 0.25) is 11.8 Å². The number of carbonyl (C=O) groups excluding carboxylic acids is 2. The van der Waals surface area contributed by atoms with Crippen molar-refractivity contribution in [2.45, 2.75) is 44.1 Å². The molecule has 1 rings (SSSR count). The molecule has 0 spiro atoms. The highest BCUT2D eigenvalue weighted by Crippen LogP contribution is 2.34. The van der Waals surface area contributed by atoms with Gasteiger partial charge in [-0.05, 0) is 6.92 Å². The molecule has 1 fully saturated rings. The van der Waals surface area contributed by atoms with Crippen LogP contribution in [-0.4, -0.2) is 33.3 Å². The maximum Gasteiger partial charge on any atom is 0.242 e. The lowest BCUT2D eigenvalue weighted by Gasteiger charge is -2.21. The van der Waals surface area contributed by atoms with Crippen molar-refractivity contribution < 1.29 is 9.59 Å². The van der Waals surface area contributed by atoms with Gasteiger partial charge >= 0.3 is 0 Å². The first kappa shape index (κ1) is 11.6. The molecule has 0 aromatic rings. The number of carbonyl (C=O) groups is 2. The SMILES string of the molecule is CCN1C(=O)CC(SC(C)(C)C)C1=O. The van der Waals surface area contributed by atoms with Gasteiger partial charge in [-0.2, -0.15) is 0 Å². The molecule has 1 aliphatic heterocycles. The number of rotatable bonds is 2. The van der Waals surface area contributed by atoms with Crippen molar-refractivity contribution in [3.63, 3.8) is 0 Å². The first-order valence-corrected chi connectivity index (χ1v) is 5.75. The van der Waals surface area contributed by atoms with E-state index in [1.54, 1.807) is 11.8 Å². The predicted octanol–water partition coefficient (Wildman–Crippen LogP) is 1.67. The molecule has 0 bridgehead atoms. The summed E-state index contributed by atoms with van der Waals surface area (Å²) in [5.74, 6) is -0.0447. The summed E-state index contributed by atoms with van der Waals surface area (Å²) < 4.78 is 0.0321. The summed E-state index contributed by atoms with van der Waals surface area (Å²) in [7, 11) is 0. The molecule has 1 unspecified atom stereocenters. The Morgan fingerprint density at radius 3 is 2.36 bits per heavy atom. The monoisotopic (exact) mass is 215 g/mol. The van der Waals surface area contributed by atoms with Gasteiger partial charge < -0.3 is 0 Å². The molecule has 0 saturated carbocycles. The van der Waals surface area contributed by atoms with Gasteiger partial charge in [0.05, 0.1) is 5.25 Å². The first-order chi connectivity index (χ1) is 6.35. The number of hydrogen-bond donors (Lipinski definition) is 0. The van der Waals surface area contributed by atoms with E-state index in [4.69, 9.17) is 0 Å². The fraction of sp³-hybridized carbons (Fsp3) is 0.800. The Balaban J connectivity index is 2.67. The average molecular weight is 215 g/mol. The maximum atomic E-state index is 11.7. The smallest absolute Gasteiger partial charge is 0.242 e. The molecule has 3 nitrogen and oxygen atoms in total. The summed E-state index contributed by atoms with van der Waals surface area (Å²) >= 11 is 1.58. The molecular formula is C10H17NO2S. The van der Waals surface area contributed by atoms with Crippen molar-refractivity contribution >= 4 is 23.6 Å². The second-order valence-corrected chi connectivity index (χ2v) is 6.43. The second-order valence-electron chi connectivity index (χ2n) is 4.40. The van der Waals surface area contributed by atoms with Gasteiger partial charge in [0.1, 0.15) is 0 Å². The molecule has 0 radical (unpaired) electrons. The number of likely N-dealkylation sites (tertiary alicyclic amines) is 1. The standard InChI is InChI=1S/C10H17NO2S/c1-5-11-8(12)6-7(9(11)13)14-10(2,3)4/h7H,5-6H2,1-4H3. The normalized spacial score (nSPS) is 23.4. The molecule has 14 heavy (non-hydrogen) atoms. The minimum absolute atomic E-state index is 0.0163. The number of amides is 2. The Kier molecular flexibility index (Phi) is 3.24. The lowest BCUT2D eigenvalue weighted by molar-refractivity contribution is -0.137. The van der Waals surface area contributed by atoms with E-state index in [1.165, 1.54) is 4.90 Å². The summed E-state index contributed by atoms with van der Waals surface area (Å²) in [6.45, 7) is 8.51. The van der Waals surface area contributed by atoms with Crippen molar-refractivity contribution in [3.8, 4) is 0 Å². The fourth-order valence-corrected chi connectivity index (χ4v) is 2.81.